The van der Waals surface area contributed by atoms with E-state index < -0.39 is 26.7 Å². The summed E-state index contributed by atoms with van der Waals surface area (Å²) in [4.78, 5) is 14.8. The number of hydrogen-bond donors (Lipinski definition) is 5. The number of ether oxygens (including phenoxy) is 1. The highest BCUT2D eigenvalue weighted by Gasteiger charge is 2.40. The van der Waals surface area contributed by atoms with Crippen molar-refractivity contribution in [3.63, 3.8) is 0 Å². The maximum atomic E-state index is 12.4. The topological polar surface area (TPSA) is 199 Å². The van der Waals surface area contributed by atoms with Crippen LogP contribution in [0.25, 0.3) is 0 Å². The molecular formula is C17H27NO11S2. The van der Waals surface area contributed by atoms with Gasteiger partial charge >= 0.3 is 26.8 Å². The van der Waals surface area contributed by atoms with Gasteiger partial charge in [-0.2, -0.15) is 16.8 Å². The number of esters is 1. The minimum atomic E-state index is -4.67. The molecule has 0 aliphatic carbocycles. The molecule has 2 saturated heterocycles. The molecule has 0 radical (unpaired) electrons. The van der Waals surface area contributed by atoms with E-state index in [-0.39, 0.29) is 18.7 Å². The largest absolute Gasteiger partial charge is 0.462 e. The summed E-state index contributed by atoms with van der Waals surface area (Å²) in [5.41, 5.74) is 0.820. The first kappa shape index (κ1) is 27.4. The number of benzene rings is 1. The van der Waals surface area contributed by atoms with Crippen LogP contribution in [0.3, 0.4) is 0 Å². The number of rotatable bonds is 4. The van der Waals surface area contributed by atoms with Crippen molar-refractivity contribution in [2.75, 3.05) is 13.7 Å². The summed E-state index contributed by atoms with van der Waals surface area (Å²) in [6.07, 6.45) is 4.26. The van der Waals surface area contributed by atoms with Crippen LogP contribution in [-0.2, 0) is 30.3 Å². The lowest BCUT2D eigenvalue weighted by molar-refractivity contribution is -0.155. The van der Waals surface area contributed by atoms with Crippen molar-refractivity contribution in [2.45, 2.75) is 49.8 Å². The summed E-state index contributed by atoms with van der Waals surface area (Å²) in [5, 5.41) is 9.53. The zero-order valence-corrected chi connectivity index (χ0v) is 18.3. The number of nitrogens with zero attached hydrogens (tertiary/aromatic N) is 1. The van der Waals surface area contributed by atoms with Crippen molar-refractivity contribution in [1.29, 1.82) is 0 Å². The van der Waals surface area contributed by atoms with Gasteiger partial charge in [-0.25, -0.2) is 0 Å². The standard InChI is InChI=1S/C17H23NO3.2H2O4S/c1-18-13-7-8-14(18)10-15(9-13)21-17(20)16(11-19)12-5-3-2-4-6-12;2*1-5(2,3)4/h2-6,13-16,19H,7-11H2,1H3;2*(H2,1,2,3,4)/t13-,14+,15+,16?;;. The van der Waals surface area contributed by atoms with Crippen molar-refractivity contribution in [3.8, 4) is 0 Å². The van der Waals surface area contributed by atoms with Gasteiger partial charge in [0.25, 0.3) is 0 Å². The third-order valence-corrected chi connectivity index (χ3v) is 5.01. The average molecular weight is 486 g/mol. The molecule has 1 unspecified atom stereocenters. The summed E-state index contributed by atoms with van der Waals surface area (Å²) < 4.78 is 68.9. The number of piperidine rings is 1. The molecule has 2 aliphatic rings. The smallest absolute Gasteiger partial charge is 0.394 e. The number of hydrogen-bond acceptors (Lipinski definition) is 8. The van der Waals surface area contributed by atoms with E-state index in [9.17, 15) is 9.90 Å². The molecule has 3 rings (SSSR count). The molecule has 14 heteroatoms. The second-order valence-electron chi connectivity index (χ2n) is 7.12. The number of aliphatic hydroxyl groups excluding tert-OH is 1. The van der Waals surface area contributed by atoms with Crippen molar-refractivity contribution in [1.82, 2.24) is 4.90 Å². The molecule has 1 aromatic carbocycles. The van der Waals surface area contributed by atoms with E-state index in [1.54, 1.807) is 0 Å². The molecule has 178 valence electrons. The maximum Gasteiger partial charge on any atom is 0.394 e. The zero-order chi connectivity index (χ0) is 23.8. The predicted molar refractivity (Wildman–Crippen MR) is 108 cm³/mol. The minimum Gasteiger partial charge on any atom is -0.462 e. The van der Waals surface area contributed by atoms with Crippen LogP contribution in [0.5, 0.6) is 0 Å². The van der Waals surface area contributed by atoms with Gasteiger partial charge in [-0.15, -0.1) is 0 Å². The number of fused-ring (bicyclic) bond motifs is 2. The van der Waals surface area contributed by atoms with Gasteiger partial charge in [0.05, 0.1) is 6.61 Å². The van der Waals surface area contributed by atoms with Crippen LogP contribution in [-0.4, -0.2) is 82.9 Å². The second-order valence-corrected chi connectivity index (χ2v) is 8.91. The first-order valence-electron chi connectivity index (χ1n) is 9.17. The third-order valence-electron chi connectivity index (χ3n) is 5.01. The fourth-order valence-corrected chi connectivity index (χ4v) is 3.71. The van der Waals surface area contributed by atoms with Gasteiger partial charge in [-0.1, -0.05) is 30.3 Å². The normalized spacial score (nSPS) is 24.1. The van der Waals surface area contributed by atoms with Crippen LogP contribution < -0.4 is 0 Å². The third kappa shape index (κ3) is 11.5. The van der Waals surface area contributed by atoms with Crippen LogP contribution in [0.15, 0.2) is 30.3 Å². The molecule has 31 heavy (non-hydrogen) atoms. The molecule has 2 aliphatic heterocycles. The van der Waals surface area contributed by atoms with Crippen LogP contribution in [0.4, 0.5) is 0 Å². The Morgan fingerprint density at radius 1 is 1.00 bits per heavy atom. The number of aliphatic hydroxyl groups is 1. The van der Waals surface area contributed by atoms with E-state index in [0.717, 1.165) is 18.4 Å². The van der Waals surface area contributed by atoms with Crippen molar-refractivity contribution < 1.29 is 49.7 Å². The number of carbonyl (C=O) groups is 1. The molecule has 0 amide bonds. The van der Waals surface area contributed by atoms with Crippen LogP contribution in [0.1, 0.15) is 37.2 Å². The summed E-state index contributed by atoms with van der Waals surface area (Å²) >= 11 is 0. The molecule has 12 nitrogen and oxygen atoms in total. The van der Waals surface area contributed by atoms with Gasteiger partial charge < -0.3 is 14.7 Å². The van der Waals surface area contributed by atoms with E-state index >= 15 is 0 Å². The maximum absolute atomic E-state index is 12.4. The van der Waals surface area contributed by atoms with Gasteiger partial charge in [0.1, 0.15) is 12.0 Å². The van der Waals surface area contributed by atoms with Crippen molar-refractivity contribution in [3.05, 3.63) is 35.9 Å². The highest BCUT2D eigenvalue weighted by molar-refractivity contribution is 7.80. The Labute approximate surface area is 181 Å². The van der Waals surface area contributed by atoms with E-state index in [1.165, 1.54) is 12.8 Å². The Morgan fingerprint density at radius 2 is 1.42 bits per heavy atom. The van der Waals surface area contributed by atoms with Gasteiger partial charge in [-0.3, -0.25) is 23.0 Å². The molecule has 2 bridgehead atoms. The molecule has 0 spiro atoms. The van der Waals surface area contributed by atoms with E-state index in [4.69, 9.17) is 39.8 Å². The summed E-state index contributed by atoms with van der Waals surface area (Å²) in [7, 11) is -7.17. The zero-order valence-electron chi connectivity index (χ0n) is 16.7. The Bertz CT molecular complexity index is 845. The predicted octanol–water partition coefficient (Wildman–Crippen LogP) is 0.625. The van der Waals surface area contributed by atoms with E-state index in [0.29, 0.717) is 12.1 Å². The van der Waals surface area contributed by atoms with Gasteiger partial charge in [-0.05, 0) is 38.3 Å². The molecule has 2 fully saturated rings. The lowest BCUT2D eigenvalue weighted by Gasteiger charge is -2.36. The van der Waals surface area contributed by atoms with Crippen molar-refractivity contribution in [2.24, 2.45) is 0 Å². The Kier molecular flexibility index (Phi) is 10.4. The second kappa shape index (κ2) is 11.8. The monoisotopic (exact) mass is 485 g/mol. The molecule has 5 N–H and O–H groups in total. The van der Waals surface area contributed by atoms with E-state index in [1.807, 2.05) is 30.3 Å². The molecule has 2 heterocycles. The SMILES string of the molecule is CN1[C@@H]2CC[C@H]1C[C@@H](OC(=O)C(CO)c1ccccc1)C2.O=S(=O)(O)O.O=S(=O)(O)O. The summed E-state index contributed by atoms with van der Waals surface area (Å²) in [6, 6.07) is 10.5. The molecule has 1 aromatic rings. The lowest BCUT2D eigenvalue weighted by Crippen LogP contribution is -2.43. The Morgan fingerprint density at radius 3 is 1.81 bits per heavy atom. The Hall–Kier alpha value is -1.65. The van der Waals surface area contributed by atoms with Gasteiger partial charge in [0.2, 0.25) is 0 Å². The first-order valence-corrected chi connectivity index (χ1v) is 12.0. The molecule has 0 aromatic heterocycles. The molecular weight excluding hydrogens is 458 g/mol. The van der Waals surface area contributed by atoms with Gasteiger partial charge in [0, 0.05) is 12.1 Å². The van der Waals surface area contributed by atoms with Crippen LogP contribution >= 0.6 is 0 Å². The van der Waals surface area contributed by atoms with Crippen molar-refractivity contribution >= 4 is 26.8 Å². The quantitative estimate of drug-likeness (QED) is 0.295. The summed E-state index contributed by atoms with van der Waals surface area (Å²) in [5.74, 6) is -0.860. The highest BCUT2D eigenvalue weighted by atomic mass is 32.3. The van der Waals surface area contributed by atoms with Gasteiger partial charge in [0.15, 0.2) is 0 Å². The van der Waals surface area contributed by atoms with Crippen LogP contribution in [0, 0.1) is 0 Å². The number of carbonyl (C=O) groups excluding carboxylic acids is 1. The first-order chi connectivity index (χ1) is 14.2. The fourth-order valence-electron chi connectivity index (χ4n) is 3.71. The lowest BCUT2D eigenvalue weighted by atomic mass is 9.98. The fraction of sp³-hybridized carbons (Fsp3) is 0.588. The average Bonchev–Trinajstić information content (AvgIpc) is 2.82. The highest BCUT2D eigenvalue weighted by Crippen LogP contribution is 2.36. The molecule has 4 atom stereocenters. The Balaban J connectivity index is 0.000000404. The van der Waals surface area contributed by atoms with E-state index in [2.05, 4.69) is 11.9 Å². The summed E-state index contributed by atoms with van der Waals surface area (Å²) in [6.45, 7) is -0.206. The van der Waals surface area contributed by atoms with Crippen LogP contribution in [0.2, 0.25) is 0 Å². The minimum absolute atomic E-state index is 0.00367. The molecule has 0 saturated carbocycles.